The lowest BCUT2D eigenvalue weighted by Crippen LogP contribution is -2.27. The van der Waals surface area contributed by atoms with Crippen LogP contribution in [0.25, 0.3) is 77.0 Å². The first-order valence-electron chi connectivity index (χ1n) is 22.3. The maximum absolute atomic E-state index is 9.37. The molecule has 4 heteroatoms. The van der Waals surface area contributed by atoms with E-state index in [2.05, 4.69) is 188 Å². The van der Waals surface area contributed by atoms with Gasteiger partial charge in [0.25, 0.3) is 0 Å². The van der Waals surface area contributed by atoms with Crippen molar-refractivity contribution in [2.45, 2.75) is 38.1 Å². The van der Waals surface area contributed by atoms with Crippen molar-refractivity contribution in [2.24, 2.45) is 4.99 Å². The number of hydrogen-bond donors (Lipinski definition) is 1. The molecule has 2 aromatic heterocycles. The summed E-state index contributed by atoms with van der Waals surface area (Å²) in [7, 11) is 0. The Balaban J connectivity index is 0.998. The third kappa shape index (κ3) is 5.83. The van der Waals surface area contributed by atoms with E-state index in [0.717, 1.165) is 45.4 Å². The SMILES string of the molecule is CC1(C)c2ccccc2-c2cc3c(cc21)c1cc(-c2ccc4c(c2)c2ccccc2n4C2(C)C=CC=CC2)ccc1n3C=Nc1ccccc1C(=N)c1ccc(-c2ccccc2)cc1. The average molecular weight is 823 g/mol. The normalized spacial score (nSPS) is 16.4. The third-order valence-electron chi connectivity index (χ3n) is 14.0. The number of aromatic nitrogens is 2. The number of rotatable bonds is 7. The summed E-state index contributed by atoms with van der Waals surface area (Å²) in [6, 6.07) is 63.0. The molecule has 1 N–H and O–H groups in total. The number of nitrogens with one attached hydrogen (secondary N) is 1. The Bertz CT molecular complexity index is 3630. The van der Waals surface area contributed by atoms with Gasteiger partial charge in [0.05, 0.1) is 28.0 Å². The zero-order chi connectivity index (χ0) is 43.2. The molecule has 1 unspecified atom stereocenters. The molecule has 1 atom stereocenters. The molecule has 0 bridgehead atoms. The van der Waals surface area contributed by atoms with Gasteiger partial charge in [-0.25, -0.2) is 4.99 Å². The van der Waals surface area contributed by atoms with Crippen LogP contribution in [0.2, 0.25) is 0 Å². The molecule has 2 heterocycles. The molecule has 0 saturated heterocycles. The van der Waals surface area contributed by atoms with Crippen molar-refractivity contribution >= 4 is 61.3 Å². The molecule has 0 fully saturated rings. The second-order valence-corrected chi connectivity index (χ2v) is 18.2. The van der Waals surface area contributed by atoms with Crippen LogP contribution in [0, 0.1) is 5.41 Å². The van der Waals surface area contributed by atoms with Crippen molar-refractivity contribution in [2.75, 3.05) is 0 Å². The van der Waals surface area contributed by atoms with Gasteiger partial charge in [0.15, 0.2) is 0 Å². The summed E-state index contributed by atoms with van der Waals surface area (Å²) in [6.45, 7) is 7.04. The summed E-state index contributed by atoms with van der Waals surface area (Å²) < 4.78 is 4.78. The monoisotopic (exact) mass is 822 g/mol. The lowest BCUT2D eigenvalue weighted by molar-refractivity contribution is 0.437. The number of hydrogen-bond acceptors (Lipinski definition) is 2. The molecule has 0 aliphatic heterocycles. The van der Waals surface area contributed by atoms with Crippen LogP contribution in [-0.2, 0) is 11.0 Å². The van der Waals surface area contributed by atoms with E-state index in [9.17, 15) is 5.41 Å². The fraction of sp³-hybridized carbons (Fsp3) is 0.100. The van der Waals surface area contributed by atoms with Crippen molar-refractivity contribution in [3.63, 3.8) is 0 Å². The molecule has 2 aliphatic carbocycles. The Morgan fingerprint density at radius 3 is 1.97 bits per heavy atom. The largest absolute Gasteiger partial charge is 0.331 e. The van der Waals surface area contributed by atoms with Crippen molar-refractivity contribution in [3.05, 3.63) is 222 Å². The second-order valence-electron chi connectivity index (χ2n) is 18.2. The first-order valence-corrected chi connectivity index (χ1v) is 22.3. The van der Waals surface area contributed by atoms with E-state index >= 15 is 0 Å². The molecule has 12 rings (SSSR count). The van der Waals surface area contributed by atoms with Gasteiger partial charge in [-0.3, -0.25) is 9.98 Å². The summed E-state index contributed by atoms with van der Waals surface area (Å²) in [4.78, 5) is 5.20. The molecular weight excluding hydrogens is 777 g/mol. The Morgan fingerprint density at radius 2 is 1.17 bits per heavy atom. The lowest BCUT2D eigenvalue weighted by Gasteiger charge is -2.31. The van der Waals surface area contributed by atoms with Crippen LogP contribution in [0.1, 0.15) is 49.4 Å². The fourth-order valence-corrected chi connectivity index (χ4v) is 10.7. The maximum Gasteiger partial charge on any atom is 0.100 e. The molecule has 4 nitrogen and oxygen atoms in total. The van der Waals surface area contributed by atoms with Gasteiger partial charge in [0, 0.05) is 49.1 Å². The lowest BCUT2D eigenvalue weighted by atomic mass is 9.82. The number of benzene rings is 8. The van der Waals surface area contributed by atoms with Gasteiger partial charge in [0.2, 0.25) is 0 Å². The molecular formula is C60H46N4. The minimum absolute atomic E-state index is 0.141. The van der Waals surface area contributed by atoms with E-state index in [1.54, 1.807) is 0 Å². The van der Waals surface area contributed by atoms with Crippen molar-refractivity contribution in [3.8, 4) is 33.4 Å². The van der Waals surface area contributed by atoms with E-state index in [0.29, 0.717) is 5.71 Å². The van der Waals surface area contributed by atoms with Gasteiger partial charge in [-0.2, -0.15) is 0 Å². The Morgan fingerprint density at radius 1 is 0.531 bits per heavy atom. The van der Waals surface area contributed by atoms with Crippen LogP contribution in [0.3, 0.4) is 0 Å². The first kappa shape index (κ1) is 37.9. The molecule has 0 saturated carbocycles. The maximum atomic E-state index is 9.37. The number of aliphatic imine (C=N–C) groups is 1. The molecule has 306 valence electrons. The number of nitrogens with zero attached hydrogens (tertiary/aromatic N) is 3. The fourth-order valence-electron chi connectivity index (χ4n) is 10.7. The number of fused-ring (bicyclic) bond motifs is 9. The van der Waals surface area contributed by atoms with Gasteiger partial charge in [0.1, 0.15) is 6.34 Å². The second kappa shape index (κ2) is 14.4. The van der Waals surface area contributed by atoms with Gasteiger partial charge in [-0.15, -0.1) is 0 Å². The van der Waals surface area contributed by atoms with Crippen LogP contribution < -0.4 is 0 Å². The Labute approximate surface area is 373 Å². The van der Waals surface area contributed by atoms with Gasteiger partial charge >= 0.3 is 0 Å². The first-order chi connectivity index (χ1) is 31.3. The number of allylic oxidation sites excluding steroid dienone is 4. The van der Waals surface area contributed by atoms with Crippen LogP contribution in [-0.4, -0.2) is 21.2 Å². The summed E-state index contributed by atoms with van der Waals surface area (Å²) in [5.41, 5.74) is 17.1. The highest BCUT2D eigenvalue weighted by atomic mass is 15.1. The van der Waals surface area contributed by atoms with Gasteiger partial charge in [-0.05, 0) is 106 Å². The third-order valence-corrected chi connectivity index (χ3v) is 14.0. The van der Waals surface area contributed by atoms with Gasteiger partial charge in [-0.1, -0.05) is 166 Å². The standard InChI is InChI=1S/C60H46N4/c1-59(2)51-21-11-8-18-44(51)47-37-57-50(36-52(47)59)49-35-42(43-29-31-56-48(34-43)45-19-10-13-23-55(45)64(56)60(3)32-14-5-15-33-60)28-30-54(49)63(57)38-62-53-22-12-9-20-46(53)58(61)41-26-24-40(25-27-41)39-16-6-4-7-17-39/h4-32,34-38,61H,33H2,1-3H3. The number of para-hydroxylation sites is 2. The Hall–Kier alpha value is -7.82. The van der Waals surface area contributed by atoms with E-state index in [4.69, 9.17) is 4.99 Å². The topological polar surface area (TPSA) is 46.1 Å². The van der Waals surface area contributed by atoms with Crippen LogP contribution in [0.4, 0.5) is 5.69 Å². The van der Waals surface area contributed by atoms with E-state index in [1.807, 2.05) is 48.8 Å². The minimum atomic E-state index is -0.150. The molecule has 8 aromatic carbocycles. The van der Waals surface area contributed by atoms with Crippen molar-refractivity contribution in [1.82, 2.24) is 9.13 Å². The molecule has 10 aromatic rings. The zero-order valence-electron chi connectivity index (χ0n) is 36.2. The summed E-state index contributed by atoms with van der Waals surface area (Å²) >= 11 is 0. The molecule has 0 spiro atoms. The molecule has 64 heavy (non-hydrogen) atoms. The highest BCUT2D eigenvalue weighted by Crippen LogP contribution is 2.51. The summed E-state index contributed by atoms with van der Waals surface area (Å²) in [5, 5.41) is 14.3. The predicted octanol–water partition coefficient (Wildman–Crippen LogP) is 15.4. The highest BCUT2D eigenvalue weighted by molar-refractivity contribution is 6.16. The summed E-state index contributed by atoms with van der Waals surface area (Å²) in [6.07, 6.45) is 11.9. The molecule has 0 amide bonds. The van der Waals surface area contributed by atoms with Crippen LogP contribution in [0.5, 0.6) is 0 Å². The Kier molecular flexibility index (Phi) is 8.51. The van der Waals surface area contributed by atoms with Crippen LogP contribution >= 0.6 is 0 Å². The quantitative estimate of drug-likeness (QED) is 0.123. The van der Waals surface area contributed by atoms with Crippen molar-refractivity contribution < 1.29 is 0 Å². The smallest absolute Gasteiger partial charge is 0.100 e. The summed E-state index contributed by atoms with van der Waals surface area (Å²) in [5.74, 6) is 0. The zero-order valence-corrected chi connectivity index (χ0v) is 36.2. The van der Waals surface area contributed by atoms with E-state index < -0.39 is 0 Å². The minimum Gasteiger partial charge on any atom is -0.331 e. The highest BCUT2D eigenvalue weighted by Gasteiger charge is 2.36. The average Bonchev–Trinajstić information content (AvgIpc) is 3.92. The molecule has 0 radical (unpaired) electrons. The van der Waals surface area contributed by atoms with Crippen LogP contribution in [0.15, 0.2) is 205 Å². The molecule has 2 aliphatic rings. The van der Waals surface area contributed by atoms with Crippen molar-refractivity contribution in [1.29, 1.82) is 5.41 Å². The van der Waals surface area contributed by atoms with E-state index in [-0.39, 0.29) is 11.0 Å². The van der Waals surface area contributed by atoms with E-state index in [1.165, 1.54) is 66.0 Å². The predicted molar refractivity (Wildman–Crippen MR) is 270 cm³/mol. The van der Waals surface area contributed by atoms with Gasteiger partial charge < -0.3 is 4.57 Å².